The van der Waals surface area contributed by atoms with Gasteiger partial charge in [-0.15, -0.1) is 0 Å². The van der Waals surface area contributed by atoms with Gasteiger partial charge in [-0.25, -0.2) is 8.42 Å². The van der Waals surface area contributed by atoms with Crippen LogP contribution in [0.2, 0.25) is 0 Å². The van der Waals surface area contributed by atoms with Crippen molar-refractivity contribution in [3.05, 3.63) is 59.8 Å². The highest BCUT2D eigenvalue weighted by Gasteiger charge is 2.32. The molecule has 7 heteroatoms. The van der Waals surface area contributed by atoms with Gasteiger partial charge in [0.05, 0.1) is 28.6 Å². The molecule has 0 radical (unpaired) electrons. The van der Waals surface area contributed by atoms with Crippen molar-refractivity contribution in [2.45, 2.75) is 43.4 Å². The number of carbonyl (C=O) groups excluding carboxylic acids is 1. The molecule has 1 fully saturated rings. The van der Waals surface area contributed by atoms with Crippen LogP contribution in [0.25, 0.3) is 10.9 Å². The quantitative estimate of drug-likeness (QED) is 0.532. The van der Waals surface area contributed by atoms with Crippen LogP contribution in [0, 0.1) is 19.8 Å². The van der Waals surface area contributed by atoms with Crippen LogP contribution in [-0.4, -0.2) is 39.1 Å². The molecule has 1 aliphatic rings. The Kier molecular flexibility index (Phi) is 6.20. The van der Waals surface area contributed by atoms with Crippen molar-refractivity contribution in [3.63, 3.8) is 0 Å². The van der Waals surface area contributed by atoms with E-state index >= 15 is 0 Å². The van der Waals surface area contributed by atoms with Crippen molar-refractivity contribution >= 4 is 32.4 Å². The van der Waals surface area contributed by atoms with Gasteiger partial charge in [-0.2, -0.15) is 0 Å². The molecule has 6 nitrogen and oxygen atoms in total. The number of hydrogen-bond acceptors (Lipinski definition) is 6. The molecule has 0 saturated carbocycles. The van der Waals surface area contributed by atoms with E-state index < -0.39 is 9.84 Å². The summed E-state index contributed by atoms with van der Waals surface area (Å²) >= 11 is 0. The van der Waals surface area contributed by atoms with Crippen LogP contribution in [0.1, 0.15) is 30.9 Å². The minimum Gasteiger partial charge on any atom is -0.466 e. The second kappa shape index (κ2) is 8.90. The lowest BCUT2D eigenvalue weighted by molar-refractivity contribution is -0.148. The van der Waals surface area contributed by atoms with Crippen molar-refractivity contribution in [2.24, 2.45) is 5.92 Å². The summed E-state index contributed by atoms with van der Waals surface area (Å²) in [5, 5.41) is 0.780. The van der Waals surface area contributed by atoms with Crippen LogP contribution >= 0.6 is 0 Å². The van der Waals surface area contributed by atoms with Crippen molar-refractivity contribution in [3.8, 4) is 0 Å². The molecule has 2 heterocycles. The Morgan fingerprint density at radius 1 is 1.12 bits per heavy atom. The average Bonchev–Trinajstić information content (AvgIpc) is 2.78. The van der Waals surface area contributed by atoms with Crippen LogP contribution in [0.4, 0.5) is 5.69 Å². The van der Waals surface area contributed by atoms with Crippen molar-refractivity contribution < 1.29 is 17.9 Å². The largest absolute Gasteiger partial charge is 0.466 e. The number of ether oxygens (including phenoxy) is 1. The van der Waals surface area contributed by atoms with Gasteiger partial charge in [-0.3, -0.25) is 9.78 Å². The van der Waals surface area contributed by atoms with E-state index in [1.807, 2.05) is 36.9 Å². The summed E-state index contributed by atoms with van der Waals surface area (Å²) in [6.45, 7) is 7.11. The zero-order chi connectivity index (χ0) is 22.9. The third-order valence-corrected chi connectivity index (χ3v) is 7.71. The van der Waals surface area contributed by atoms with E-state index in [-0.39, 0.29) is 21.7 Å². The molecule has 3 aromatic rings. The van der Waals surface area contributed by atoms with Gasteiger partial charge >= 0.3 is 5.97 Å². The number of benzene rings is 2. The molecule has 0 amide bonds. The Hall–Kier alpha value is -2.93. The molecular formula is C25H28N2O4S. The van der Waals surface area contributed by atoms with Crippen molar-refractivity contribution in [1.82, 2.24) is 4.98 Å². The van der Waals surface area contributed by atoms with E-state index in [9.17, 15) is 13.2 Å². The van der Waals surface area contributed by atoms with Crippen LogP contribution < -0.4 is 4.90 Å². The van der Waals surface area contributed by atoms with Gasteiger partial charge in [0.1, 0.15) is 4.90 Å². The highest BCUT2D eigenvalue weighted by Crippen LogP contribution is 2.38. The Labute approximate surface area is 189 Å². The predicted molar refractivity (Wildman–Crippen MR) is 125 cm³/mol. The lowest BCUT2D eigenvalue weighted by Crippen LogP contribution is -2.40. The average molecular weight is 453 g/mol. The van der Waals surface area contributed by atoms with Gasteiger partial charge < -0.3 is 9.64 Å². The fourth-order valence-electron chi connectivity index (χ4n) is 4.27. The molecule has 1 saturated heterocycles. The van der Waals surface area contributed by atoms with Gasteiger partial charge in [0.2, 0.25) is 9.84 Å². The Morgan fingerprint density at radius 3 is 2.56 bits per heavy atom. The fourth-order valence-corrected chi connectivity index (χ4v) is 5.71. The van der Waals surface area contributed by atoms with Gasteiger partial charge in [0.15, 0.2) is 0 Å². The number of piperidine rings is 1. The zero-order valence-electron chi connectivity index (χ0n) is 18.7. The Morgan fingerprint density at radius 2 is 1.84 bits per heavy atom. The van der Waals surface area contributed by atoms with E-state index in [1.165, 1.54) is 6.20 Å². The third kappa shape index (κ3) is 4.21. The van der Waals surface area contributed by atoms with E-state index in [2.05, 4.69) is 4.98 Å². The number of pyridine rings is 1. The summed E-state index contributed by atoms with van der Waals surface area (Å²) < 4.78 is 32.6. The maximum absolute atomic E-state index is 13.7. The minimum atomic E-state index is -3.81. The normalized spacial score (nSPS) is 16.8. The highest BCUT2D eigenvalue weighted by molar-refractivity contribution is 7.91. The molecule has 1 aromatic heterocycles. The van der Waals surface area contributed by atoms with E-state index in [0.29, 0.717) is 25.4 Å². The first-order valence-corrected chi connectivity index (χ1v) is 12.4. The standard InChI is InChI=1S/C25H28N2O4S/c1-4-31-25(28)19-6-5-13-27(16-19)24-21-14-18(3)9-12-22(21)26-15-23(24)32(29,30)20-10-7-17(2)8-11-20/h7-12,14-15,19H,4-6,13,16H2,1-3H3/t19-/m0/s1. The number of hydrogen-bond donors (Lipinski definition) is 0. The van der Waals surface area contributed by atoms with Crippen molar-refractivity contribution in [2.75, 3.05) is 24.6 Å². The first-order chi connectivity index (χ1) is 15.3. The van der Waals surface area contributed by atoms with Gasteiger partial charge in [0, 0.05) is 24.7 Å². The molecule has 168 valence electrons. The van der Waals surface area contributed by atoms with Gasteiger partial charge in [-0.1, -0.05) is 29.3 Å². The second-order valence-corrected chi connectivity index (χ2v) is 10.3. The number of aryl methyl sites for hydroxylation is 2. The summed E-state index contributed by atoms with van der Waals surface area (Å²) in [5.41, 5.74) is 3.36. The van der Waals surface area contributed by atoms with Crippen LogP contribution in [0.15, 0.2) is 58.5 Å². The van der Waals surface area contributed by atoms with Crippen LogP contribution in [0.5, 0.6) is 0 Å². The number of esters is 1. The number of fused-ring (bicyclic) bond motifs is 1. The number of nitrogens with zero attached hydrogens (tertiary/aromatic N) is 2. The molecule has 4 rings (SSSR count). The first kappa shape index (κ1) is 22.3. The molecule has 2 aromatic carbocycles. The zero-order valence-corrected chi connectivity index (χ0v) is 19.5. The third-order valence-electron chi connectivity index (χ3n) is 5.94. The van der Waals surface area contributed by atoms with Crippen LogP contribution in [-0.2, 0) is 19.4 Å². The topological polar surface area (TPSA) is 76.6 Å². The molecule has 0 aliphatic carbocycles. The van der Waals surface area contributed by atoms with Gasteiger partial charge in [0.25, 0.3) is 0 Å². The lowest BCUT2D eigenvalue weighted by atomic mass is 9.97. The number of rotatable bonds is 5. The monoisotopic (exact) mass is 452 g/mol. The van der Waals surface area contributed by atoms with E-state index in [1.54, 1.807) is 31.2 Å². The fraction of sp³-hybridized carbons (Fsp3) is 0.360. The number of aromatic nitrogens is 1. The molecule has 0 bridgehead atoms. The number of carbonyl (C=O) groups is 1. The Bertz CT molecular complexity index is 1250. The smallest absolute Gasteiger partial charge is 0.310 e. The summed E-state index contributed by atoms with van der Waals surface area (Å²) in [7, 11) is -3.81. The molecular weight excluding hydrogens is 424 g/mol. The summed E-state index contributed by atoms with van der Waals surface area (Å²) in [6.07, 6.45) is 2.97. The van der Waals surface area contributed by atoms with Gasteiger partial charge in [-0.05, 0) is 57.9 Å². The lowest BCUT2D eigenvalue weighted by Gasteiger charge is -2.35. The molecule has 1 aliphatic heterocycles. The van der Waals surface area contributed by atoms with E-state index in [4.69, 9.17) is 4.74 Å². The SMILES string of the molecule is CCOC(=O)[C@H]1CCCN(c2c(S(=O)(=O)c3ccc(C)cc3)cnc3ccc(C)cc23)C1. The minimum absolute atomic E-state index is 0.170. The molecule has 1 atom stereocenters. The second-order valence-electron chi connectivity index (χ2n) is 8.35. The molecule has 0 unspecified atom stereocenters. The number of anilines is 1. The molecule has 0 N–H and O–H groups in total. The predicted octanol–water partition coefficient (Wildman–Crippen LogP) is 4.46. The maximum atomic E-state index is 13.7. The summed E-state index contributed by atoms with van der Waals surface area (Å²) in [4.78, 5) is 19.3. The van der Waals surface area contributed by atoms with E-state index in [0.717, 1.165) is 34.9 Å². The molecule has 0 spiro atoms. The van der Waals surface area contributed by atoms with Crippen LogP contribution in [0.3, 0.4) is 0 Å². The van der Waals surface area contributed by atoms with Crippen molar-refractivity contribution in [1.29, 1.82) is 0 Å². The molecule has 32 heavy (non-hydrogen) atoms. The summed E-state index contributed by atoms with van der Waals surface area (Å²) in [6, 6.07) is 12.7. The highest BCUT2D eigenvalue weighted by atomic mass is 32.2. The first-order valence-electron chi connectivity index (χ1n) is 10.9. The summed E-state index contributed by atoms with van der Waals surface area (Å²) in [5.74, 6) is -0.513. The maximum Gasteiger partial charge on any atom is 0.310 e. The number of sulfone groups is 1. The Balaban J connectivity index is 1.88.